The van der Waals surface area contributed by atoms with Gasteiger partial charge in [0.05, 0.1) is 22.6 Å². The average molecular weight is 384 g/mol. The number of anilines is 1. The van der Waals surface area contributed by atoms with E-state index in [1.807, 2.05) is 26.8 Å². The third kappa shape index (κ3) is 4.31. The molecule has 2 aromatic rings. The first kappa shape index (κ1) is 18.8. The molecule has 0 bridgehead atoms. The minimum absolute atomic E-state index is 0.214. The van der Waals surface area contributed by atoms with Gasteiger partial charge in [-0.3, -0.25) is 14.8 Å². The summed E-state index contributed by atoms with van der Waals surface area (Å²) in [6.45, 7) is 5.95. The van der Waals surface area contributed by atoms with Crippen molar-refractivity contribution < 1.29 is 0 Å². The zero-order valence-corrected chi connectivity index (χ0v) is 16.2. The van der Waals surface area contributed by atoms with Crippen LogP contribution >= 0.6 is 35.1 Å². The topological polar surface area (TPSA) is 74.2 Å². The molecule has 0 aromatic carbocycles. The summed E-state index contributed by atoms with van der Waals surface area (Å²) in [6.07, 6.45) is 3.38. The standard InChI is InChI=1S/C13H12ClN5OS2.C2H6/c1-7-3-8(14)9(15-4-7)6-21-13-18-19(2)10-5-16-17-12(20)11(10)22-13;1-2/h3-5H,6H2,1-2H3,(H,17,20);1-2H3. The first-order chi connectivity index (χ1) is 11.5. The van der Waals surface area contributed by atoms with Gasteiger partial charge >= 0.3 is 0 Å². The van der Waals surface area contributed by atoms with Crippen LogP contribution in [0.3, 0.4) is 0 Å². The Kier molecular flexibility index (Phi) is 6.70. The van der Waals surface area contributed by atoms with Crippen molar-refractivity contribution in [3.05, 3.63) is 45.1 Å². The summed E-state index contributed by atoms with van der Waals surface area (Å²) in [5.74, 6) is 0.594. The molecule has 3 rings (SSSR count). The number of hydrogen-bond donors (Lipinski definition) is 1. The number of fused-ring (bicyclic) bond motifs is 1. The Morgan fingerprint density at radius 2 is 2.12 bits per heavy atom. The van der Waals surface area contributed by atoms with E-state index in [1.165, 1.54) is 23.5 Å². The Balaban J connectivity index is 0.00000100. The van der Waals surface area contributed by atoms with Crippen molar-refractivity contribution >= 4 is 45.2 Å². The third-order valence-electron chi connectivity index (χ3n) is 2.95. The molecule has 0 atom stereocenters. The molecule has 1 N–H and O–H groups in total. The summed E-state index contributed by atoms with van der Waals surface area (Å²) < 4.78 is 0.769. The SMILES string of the molecule is CC.Cc1cnc(CSC2=NN(C)c3cn[nH]c(=O)c3S2)c(Cl)c1. The zero-order chi connectivity index (χ0) is 17.7. The molecule has 6 nitrogen and oxygen atoms in total. The molecule has 128 valence electrons. The normalized spacial score (nSPS) is 12.9. The molecular formula is C15H18ClN5OS2. The highest BCUT2D eigenvalue weighted by atomic mass is 35.5. The predicted octanol–water partition coefficient (Wildman–Crippen LogP) is 3.90. The van der Waals surface area contributed by atoms with E-state index in [4.69, 9.17) is 11.6 Å². The maximum atomic E-state index is 11.9. The molecule has 1 aliphatic heterocycles. The fourth-order valence-corrected chi connectivity index (χ4v) is 4.31. The molecule has 0 spiro atoms. The number of thioether (sulfide) groups is 2. The lowest BCUT2D eigenvalue weighted by molar-refractivity contribution is 0.899. The van der Waals surface area contributed by atoms with Gasteiger partial charge in [-0.1, -0.05) is 49.0 Å². The zero-order valence-electron chi connectivity index (χ0n) is 13.8. The maximum Gasteiger partial charge on any atom is 0.280 e. The van der Waals surface area contributed by atoms with E-state index < -0.39 is 0 Å². The minimum atomic E-state index is -0.214. The van der Waals surface area contributed by atoms with Gasteiger partial charge in [0.2, 0.25) is 0 Å². The molecule has 24 heavy (non-hydrogen) atoms. The van der Waals surface area contributed by atoms with Crippen molar-refractivity contribution in [1.29, 1.82) is 0 Å². The lowest BCUT2D eigenvalue weighted by Crippen LogP contribution is -2.22. The minimum Gasteiger partial charge on any atom is -0.267 e. The van der Waals surface area contributed by atoms with Crippen molar-refractivity contribution in [2.45, 2.75) is 31.4 Å². The number of rotatable bonds is 2. The van der Waals surface area contributed by atoms with Crippen molar-refractivity contribution in [3.8, 4) is 0 Å². The second-order valence-corrected chi connectivity index (χ2v) is 7.26. The number of hydrogen-bond acceptors (Lipinski definition) is 7. The second-order valence-electron chi connectivity index (χ2n) is 4.63. The van der Waals surface area contributed by atoms with E-state index in [-0.39, 0.29) is 5.56 Å². The van der Waals surface area contributed by atoms with Crippen LogP contribution in [0.5, 0.6) is 0 Å². The van der Waals surface area contributed by atoms with E-state index in [1.54, 1.807) is 24.5 Å². The van der Waals surface area contributed by atoms with Crippen LogP contribution in [0.1, 0.15) is 25.1 Å². The summed E-state index contributed by atoms with van der Waals surface area (Å²) in [5, 5.41) is 13.0. The highest BCUT2D eigenvalue weighted by Crippen LogP contribution is 2.36. The molecule has 9 heteroatoms. The smallest absolute Gasteiger partial charge is 0.267 e. The monoisotopic (exact) mass is 383 g/mol. The molecule has 0 fully saturated rings. The maximum absolute atomic E-state index is 11.9. The van der Waals surface area contributed by atoms with Gasteiger partial charge in [0.15, 0.2) is 4.38 Å². The number of aryl methyl sites for hydroxylation is 1. The van der Waals surface area contributed by atoms with Gasteiger partial charge in [-0.25, -0.2) is 5.10 Å². The Bertz CT molecular complexity index is 809. The van der Waals surface area contributed by atoms with Crippen molar-refractivity contribution in [2.24, 2.45) is 5.10 Å². The Morgan fingerprint density at radius 1 is 1.38 bits per heavy atom. The number of halogens is 1. The van der Waals surface area contributed by atoms with Crippen molar-refractivity contribution in [2.75, 3.05) is 12.1 Å². The van der Waals surface area contributed by atoms with Gasteiger partial charge in [0, 0.05) is 19.0 Å². The Morgan fingerprint density at radius 3 is 2.83 bits per heavy atom. The van der Waals surface area contributed by atoms with Crippen LogP contribution in [0.15, 0.2) is 33.3 Å². The number of pyridine rings is 1. The molecule has 0 aliphatic carbocycles. The summed E-state index contributed by atoms with van der Waals surface area (Å²) >= 11 is 9.02. The van der Waals surface area contributed by atoms with Gasteiger partial charge in [-0.15, -0.1) is 0 Å². The van der Waals surface area contributed by atoms with Crippen LogP contribution in [0.4, 0.5) is 5.69 Å². The first-order valence-corrected chi connectivity index (χ1v) is 9.54. The number of nitrogens with one attached hydrogen (secondary N) is 1. The molecule has 0 unspecified atom stereocenters. The van der Waals surface area contributed by atoms with E-state index >= 15 is 0 Å². The summed E-state index contributed by atoms with van der Waals surface area (Å²) in [6, 6.07) is 1.89. The highest BCUT2D eigenvalue weighted by Gasteiger charge is 2.21. The Hall–Kier alpha value is -1.51. The van der Waals surface area contributed by atoms with Crippen molar-refractivity contribution in [1.82, 2.24) is 15.2 Å². The molecule has 2 aromatic heterocycles. The van der Waals surface area contributed by atoms with Crippen LogP contribution < -0.4 is 10.6 Å². The summed E-state index contributed by atoms with van der Waals surface area (Å²) in [4.78, 5) is 16.8. The second kappa shape index (κ2) is 8.55. The molecule has 1 aliphatic rings. The van der Waals surface area contributed by atoms with Crippen LogP contribution in [-0.4, -0.2) is 26.6 Å². The number of aromatic nitrogens is 3. The van der Waals surface area contributed by atoms with E-state index in [2.05, 4.69) is 20.3 Å². The van der Waals surface area contributed by atoms with Gasteiger partial charge < -0.3 is 0 Å². The van der Waals surface area contributed by atoms with Crippen LogP contribution in [0.25, 0.3) is 0 Å². The van der Waals surface area contributed by atoms with Crippen LogP contribution in [-0.2, 0) is 5.75 Å². The number of nitrogens with zero attached hydrogens (tertiary/aromatic N) is 4. The van der Waals surface area contributed by atoms with Gasteiger partial charge in [0.1, 0.15) is 4.90 Å². The predicted molar refractivity (Wildman–Crippen MR) is 103 cm³/mol. The highest BCUT2D eigenvalue weighted by molar-refractivity contribution is 8.38. The summed E-state index contributed by atoms with van der Waals surface area (Å²) in [5.41, 5.74) is 2.31. The van der Waals surface area contributed by atoms with E-state index in [0.29, 0.717) is 21.4 Å². The molecular weight excluding hydrogens is 366 g/mol. The Labute approximate surface area is 154 Å². The largest absolute Gasteiger partial charge is 0.280 e. The molecule has 3 heterocycles. The van der Waals surface area contributed by atoms with Crippen LogP contribution in [0.2, 0.25) is 5.02 Å². The average Bonchev–Trinajstić information content (AvgIpc) is 2.57. The number of hydrazone groups is 1. The number of H-pyrrole nitrogens is 1. The quantitative estimate of drug-likeness (QED) is 0.847. The van der Waals surface area contributed by atoms with Crippen molar-refractivity contribution in [3.63, 3.8) is 0 Å². The number of aromatic amines is 1. The summed E-state index contributed by atoms with van der Waals surface area (Å²) in [7, 11) is 1.79. The van der Waals surface area contributed by atoms with Gasteiger partial charge in [-0.2, -0.15) is 10.2 Å². The van der Waals surface area contributed by atoms with Gasteiger partial charge in [-0.05, 0) is 18.6 Å². The van der Waals surface area contributed by atoms with E-state index in [9.17, 15) is 4.79 Å². The lowest BCUT2D eigenvalue weighted by atomic mass is 10.3. The van der Waals surface area contributed by atoms with Gasteiger partial charge in [0.25, 0.3) is 5.56 Å². The van der Waals surface area contributed by atoms with E-state index in [0.717, 1.165) is 15.6 Å². The first-order valence-electron chi connectivity index (χ1n) is 7.36. The lowest BCUT2D eigenvalue weighted by Gasteiger charge is -2.21. The molecule has 0 saturated carbocycles. The van der Waals surface area contributed by atoms with Crippen LogP contribution in [0, 0.1) is 6.92 Å². The molecule has 0 saturated heterocycles. The molecule has 0 amide bonds. The molecule has 0 radical (unpaired) electrons. The fourth-order valence-electron chi connectivity index (χ4n) is 1.85. The third-order valence-corrected chi connectivity index (χ3v) is 5.48. The fraction of sp³-hybridized carbons (Fsp3) is 0.333.